The molecule has 4 rings (SSSR count). The van der Waals surface area contributed by atoms with E-state index in [2.05, 4.69) is 43.9 Å². The van der Waals surface area contributed by atoms with Crippen molar-refractivity contribution in [2.45, 2.75) is 13.3 Å². The number of fused-ring (bicyclic) bond motifs is 1. The number of benzene rings is 1. The SMILES string of the molecule is C=C/C=C(\C=C/C)c1cnc2[nH]nc(NC(=O)c3ccc(N4CCCN(C)CC4)cc3)c2c1. The third-order valence-corrected chi connectivity index (χ3v) is 5.84. The Hall–Kier alpha value is -3.71. The second kappa shape index (κ2) is 10.3. The van der Waals surface area contributed by atoms with Crippen LogP contribution in [0, 0.1) is 0 Å². The fraction of sp³-hybridized carbons (Fsp3) is 0.269. The predicted octanol–water partition coefficient (Wildman–Crippen LogP) is 4.50. The van der Waals surface area contributed by atoms with Crippen molar-refractivity contribution in [2.75, 3.05) is 43.4 Å². The zero-order valence-corrected chi connectivity index (χ0v) is 19.2. The molecule has 1 amide bonds. The molecule has 0 bridgehead atoms. The number of nitrogens with zero attached hydrogens (tertiary/aromatic N) is 4. The molecule has 1 saturated heterocycles. The number of carbonyl (C=O) groups is 1. The first-order chi connectivity index (χ1) is 16.1. The second-order valence-corrected chi connectivity index (χ2v) is 8.19. The van der Waals surface area contributed by atoms with Gasteiger partial charge in [0.2, 0.25) is 0 Å². The Bertz CT molecular complexity index is 1190. The van der Waals surface area contributed by atoms with Crippen molar-refractivity contribution in [2.24, 2.45) is 0 Å². The van der Waals surface area contributed by atoms with Crippen LogP contribution in [0.4, 0.5) is 11.5 Å². The molecule has 2 aromatic heterocycles. The number of pyridine rings is 1. The lowest BCUT2D eigenvalue weighted by atomic mass is 10.1. The van der Waals surface area contributed by atoms with Gasteiger partial charge in [0.15, 0.2) is 11.5 Å². The molecule has 0 spiro atoms. The Morgan fingerprint density at radius 2 is 1.97 bits per heavy atom. The van der Waals surface area contributed by atoms with Crippen LogP contribution >= 0.6 is 0 Å². The molecule has 1 aliphatic heterocycles. The number of carbonyl (C=O) groups excluding carboxylic acids is 1. The van der Waals surface area contributed by atoms with Gasteiger partial charge in [0.05, 0.1) is 5.39 Å². The van der Waals surface area contributed by atoms with Gasteiger partial charge in [0.25, 0.3) is 5.91 Å². The molecule has 1 aliphatic rings. The lowest BCUT2D eigenvalue weighted by Gasteiger charge is -2.23. The average Bonchev–Trinajstić information content (AvgIpc) is 3.09. The van der Waals surface area contributed by atoms with Crippen LogP contribution in [0.25, 0.3) is 16.6 Å². The molecule has 0 aliphatic carbocycles. The minimum atomic E-state index is -0.203. The molecular weight excluding hydrogens is 412 g/mol. The molecule has 7 heteroatoms. The normalized spacial score (nSPS) is 15.7. The number of amides is 1. The first-order valence-corrected chi connectivity index (χ1v) is 11.2. The zero-order chi connectivity index (χ0) is 23.2. The highest BCUT2D eigenvalue weighted by atomic mass is 16.1. The number of rotatable bonds is 6. The maximum Gasteiger partial charge on any atom is 0.256 e. The summed E-state index contributed by atoms with van der Waals surface area (Å²) >= 11 is 0. The maximum absolute atomic E-state index is 12.9. The fourth-order valence-corrected chi connectivity index (χ4v) is 4.02. The molecule has 2 N–H and O–H groups in total. The third kappa shape index (κ3) is 5.21. The van der Waals surface area contributed by atoms with Gasteiger partial charge in [-0.1, -0.05) is 30.9 Å². The van der Waals surface area contributed by atoms with E-state index in [1.54, 1.807) is 12.3 Å². The third-order valence-electron chi connectivity index (χ3n) is 5.84. The topological polar surface area (TPSA) is 77.1 Å². The first-order valence-electron chi connectivity index (χ1n) is 11.2. The average molecular weight is 443 g/mol. The number of nitrogens with one attached hydrogen (secondary N) is 2. The summed E-state index contributed by atoms with van der Waals surface area (Å²) in [5, 5.41) is 10.8. The van der Waals surface area contributed by atoms with Gasteiger partial charge < -0.3 is 15.1 Å². The van der Waals surface area contributed by atoms with Gasteiger partial charge in [-0.3, -0.25) is 9.89 Å². The van der Waals surface area contributed by atoms with E-state index >= 15 is 0 Å². The summed E-state index contributed by atoms with van der Waals surface area (Å²) in [5.41, 5.74) is 4.26. The summed E-state index contributed by atoms with van der Waals surface area (Å²) < 4.78 is 0. The van der Waals surface area contributed by atoms with E-state index in [-0.39, 0.29) is 5.91 Å². The molecule has 1 aromatic carbocycles. The van der Waals surface area contributed by atoms with Crippen LogP contribution < -0.4 is 10.2 Å². The maximum atomic E-state index is 12.9. The van der Waals surface area contributed by atoms with Crippen LogP contribution in [0.1, 0.15) is 29.3 Å². The molecule has 0 atom stereocenters. The Balaban J connectivity index is 1.52. The van der Waals surface area contributed by atoms with Gasteiger partial charge >= 0.3 is 0 Å². The summed E-state index contributed by atoms with van der Waals surface area (Å²) in [5.74, 6) is 0.258. The Labute approximate surface area is 194 Å². The molecule has 0 saturated carbocycles. The van der Waals surface area contributed by atoms with Crippen LogP contribution in [-0.2, 0) is 0 Å². The molecule has 0 unspecified atom stereocenters. The fourth-order valence-electron chi connectivity index (χ4n) is 4.02. The van der Waals surface area contributed by atoms with E-state index in [4.69, 9.17) is 0 Å². The number of likely N-dealkylation sites (N-methyl/N-ethyl adjacent to an activating group) is 1. The molecule has 3 aromatic rings. The van der Waals surface area contributed by atoms with E-state index < -0.39 is 0 Å². The van der Waals surface area contributed by atoms with Crippen molar-refractivity contribution in [3.63, 3.8) is 0 Å². The quantitative estimate of drug-likeness (QED) is 0.550. The predicted molar refractivity (Wildman–Crippen MR) is 136 cm³/mol. The van der Waals surface area contributed by atoms with E-state index in [9.17, 15) is 4.79 Å². The van der Waals surface area contributed by atoms with Gasteiger partial charge in [-0.15, -0.1) is 0 Å². The summed E-state index contributed by atoms with van der Waals surface area (Å²) in [4.78, 5) is 22.1. The number of hydrogen-bond donors (Lipinski definition) is 2. The molecule has 0 radical (unpaired) electrons. The monoisotopic (exact) mass is 442 g/mol. The standard InChI is InChI=1S/C26H30N6O/c1-4-7-19(8-5-2)21-17-23-24(27-18-21)29-30-25(23)28-26(33)20-9-11-22(12-10-20)32-14-6-13-31(3)15-16-32/h4-5,7-12,17-18H,1,6,13-16H2,2-3H3,(H2,27,28,29,30,33)/b8-5-,19-7+. The Kier molecular flexibility index (Phi) is 7.00. The number of aromatic nitrogens is 3. The van der Waals surface area contributed by atoms with E-state index in [1.165, 1.54) is 0 Å². The van der Waals surface area contributed by atoms with Crippen molar-refractivity contribution in [3.05, 3.63) is 78.5 Å². The highest BCUT2D eigenvalue weighted by Gasteiger charge is 2.15. The van der Waals surface area contributed by atoms with E-state index in [0.717, 1.165) is 54.8 Å². The summed E-state index contributed by atoms with van der Waals surface area (Å²) in [6.07, 6.45) is 10.5. The highest BCUT2D eigenvalue weighted by molar-refractivity contribution is 6.07. The number of anilines is 2. The van der Waals surface area contributed by atoms with Crippen LogP contribution in [-0.4, -0.2) is 59.2 Å². The number of allylic oxidation sites excluding steroid dienone is 5. The van der Waals surface area contributed by atoms with Crippen molar-refractivity contribution < 1.29 is 4.79 Å². The van der Waals surface area contributed by atoms with Crippen LogP contribution in [0.2, 0.25) is 0 Å². The van der Waals surface area contributed by atoms with E-state index in [0.29, 0.717) is 17.0 Å². The van der Waals surface area contributed by atoms with Crippen molar-refractivity contribution in [1.82, 2.24) is 20.1 Å². The summed E-state index contributed by atoms with van der Waals surface area (Å²) in [7, 11) is 2.16. The van der Waals surface area contributed by atoms with E-state index in [1.807, 2.05) is 55.5 Å². The molecule has 170 valence electrons. The van der Waals surface area contributed by atoms with Crippen molar-refractivity contribution in [3.8, 4) is 0 Å². The lowest BCUT2D eigenvalue weighted by molar-refractivity contribution is 0.102. The molecule has 7 nitrogen and oxygen atoms in total. The van der Waals surface area contributed by atoms with Gasteiger partial charge in [0.1, 0.15) is 0 Å². The van der Waals surface area contributed by atoms with Crippen LogP contribution in [0.5, 0.6) is 0 Å². The zero-order valence-electron chi connectivity index (χ0n) is 19.2. The van der Waals surface area contributed by atoms with Gasteiger partial charge in [-0.05, 0) is 62.8 Å². The van der Waals surface area contributed by atoms with Crippen LogP contribution in [0.15, 0.2) is 67.4 Å². The summed E-state index contributed by atoms with van der Waals surface area (Å²) in [6.45, 7) is 9.92. The smallest absolute Gasteiger partial charge is 0.256 e. The number of aromatic amines is 1. The number of H-pyrrole nitrogens is 1. The lowest BCUT2D eigenvalue weighted by Crippen LogP contribution is -2.28. The molecule has 33 heavy (non-hydrogen) atoms. The Morgan fingerprint density at radius 1 is 1.15 bits per heavy atom. The van der Waals surface area contributed by atoms with Gasteiger partial charge in [-0.2, -0.15) is 5.10 Å². The molecular formula is C26H30N6O. The van der Waals surface area contributed by atoms with Crippen molar-refractivity contribution in [1.29, 1.82) is 0 Å². The largest absolute Gasteiger partial charge is 0.370 e. The van der Waals surface area contributed by atoms with Crippen molar-refractivity contribution >= 4 is 34.0 Å². The second-order valence-electron chi connectivity index (χ2n) is 8.19. The first kappa shape index (κ1) is 22.5. The van der Waals surface area contributed by atoms with Crippen LogP contribution in [0.3, 0.4) is 0 Å². The number of hydrogen-bond acceptors (Lipinski definition) is 5. The minimum Gasteiger partial charge on any atom is -0.370 e. The van der Waals surface area contributed by atoms with Gasteiger partial charge in [0, 0.05) is 42.6 Å². The highest BCUT2D eigenvalue weighted by Crippen LogP contribution is 2.25. The minimum absolute atomic E-state index is 0.203. The van der Waals surface area contributed by atoms with Gasteiger partial charge in [-0.25, -0.2) is 4.98 Å². The molecule has 3 heterocycles. The molecule has 1 fully saturated rings. The summed E-state index contributed by atoms with van der Waals surface area (Å²) in [6, 6.07) is 9.75. The Morgan fingerprint density at radius 3 is 2.73 bits per heavy atom.